The number of hydrogen-bond donors (Lipinski definition) is 0. The second kappa shape index (κ2) is 39.1. The van der Waals surface area contributed by atoms with Crippen molar-refractivity contribution >= 4 is 23.9 Å². The first-order valence-electron chi connectivity index (χ1n) is 28.5. The van der Waals surface area contributed by atoms with E-state index in [1.54, 1.807) is 30.3 Å². The number of likely N-dealkylation sites (N-methyl/N-ethyl adjacent to an activating group) is 3. The Bertz CT molecular complexity index is 1960. The van der Waals surface area contributed by atoms with E-state index in [0.717, 1.165) is 110 Å². The molecule has 0 aliphatic carbocycles. The third kappa shape index (κ3) is 34.9. The average molecular weight is 1090 g/mol. The Morgan fingerprint density at radius 1 is 0.351 bits per heavy atom. The van der Waals surface area contributed by atoms with Gasteiger partial charge in [-0.1, -0.05) is 103 Å². The molecule has 0 saturated carbocycles. The molecular weight excluding hydrogens is 983 g/mol. The van der Waals surface area contributed by atoms with E-state index in [1.165, 1.54) is 37.8 Å². The molecule has 0 heterocycles. The molecule has 2 aromatic rings. The third-order valence-corrected chi connectivity index (χ3v) is 12.4. The fourth-order valence-electron chi connectivity index (χ4n) is 7.61. The Labute approximate surface area is 464 Å². The van der Waals surface area contributed by atoms with Gasteiger partial charge in [-0.25, -0.2) is 19.2 Å². The van der Waals surface area contributed by atoms with Gasteiger partial charge >= 0.3 is 23.9 Å². The fourth-order valence-corrected chi connectivity index (χ4v) is 7.61. The van der Waals surface area contributed by atoms with Crippen LogP contribution < -0.4 is 23.7 Å². The van der Waals surface area contributed by atoms with E-state index in [4.69, 9.17) is 42.6 Å². The molecule has 2 rings (SSSR count). The summed E-state index contributed by atoms with van der Waals surface area (Å²) in [5.41, 5.74) is 0.674. The maximum Gasteiger partial charge on any atom is 0.338 e. The van der Waals surface area contributed by atoms with Crippen molar-refractivity contribution in [2.75, 3.05) is 143 Å². The van der Waals surface area contributed by atoms with Crippen LogP contribution in [0.25, 0.3) is 0 Å². The lowest BCUT2D eigenvalue weighted by Gasteiger charge is -2.26. The molecule has 0 bridgehead atoms. The van der Waals surface area contributed by atoms with Crippen LogP contribution in [0.15, 0.2) is 55.6 Å². The van der Waals surface area contributed by atoms with Crippen LogP contribution in [-0.2, 0) is 28.5 Å². The van der Waals surface area contributed by atoms with E-state index in [2.05, 4.69) is 76.6 Å². The molecule has 16 heteroatoms. The molecule has 0 unspecified atom stereocenters. The summed E-state index contributed by atoms with van der Waals surface area (Å²) in [6, 6.07) is 8.56. The monoisotopic (exact) mass is 1080 g/mol. The van der Waals surface area contributed by atoms with Crippen LogP contribution in [-0.4, -0.2) is 180 Å². The Hall–Kier alpha value is -5.32. The van der Waals surface area contributed by atoms with Crippen LogP contribution >= 0.6 is 0 Å². The number of hydrogen-bond acceptors (Lipinski definition) is 13. The minimum absolute atomic E-state index is 0.131. The van der Waals surface area contributed by atoms with Crippen LogP contribution in [0.1, 0.15) is 149 Å². The highest BCUT2D eigenvalue weighted by Crippen LogP contribution is 2.40. The van der Waals surface area contributed by atoms with Crippen LogP contribution in [0.3, 0.4) is 0 Å². The van der Waals surface area contributed by atoms with Crippen molar-refractivity contribution in [3.8, 4) is 28.7 Å². The molecule has 0 aliphatic rings. The number of benzene rings is 2. The van der Waals surface area contributed by atoms with Crippen molar-refractivity contribution in [3.63, 3.8) is 0 Å². The summed E-state index contributed by atoms with van der Waals surface area (Å²) in [5.74, 6) is 0.758. The van der Waals surface area contributed by atoms with Crippen molar-refractivity contribution in [1.29, 1.82) is 0 Å². The van der Waals surface area contributed by atoms with Crippen molar-refractivity contribution in [1.82, 2.24) is 0 Å². The molecule has 0 N–H and O–H groups in total. The van der Waals surface area contributed by atoms with Gasteiger partial charge in [-0.2, -0.15) is 0 Å². The zero-order valence-corrected chi connectivity index (χ0v) is 49.2. The van der Waals surface area contributed by atoms with Crippen molar-refractivity contribution in [3.05, 3.63) is 66.8 Å². The maximum absolute atomic E-state index is 13.6. The lowest BCUT2D eigenvalue weighted by atomic mass is 10.1. The van der Waals surface area contributed by atoms with Gasteiger partial charge < -0.3 is 56.1 Å². The molecule has 16 nitrogen and oxygen atoms in total. The number of ether oxygens (including phenoxy) is 9. The molecule has 0 saturated heterocycles. The standard InChI is InChI=1S/C61H102N3O13/c1-12-57(65)73-41-30-26-22-18-14-16-20-24-28-39-69-53-35-34-51(48-54(53)70-40-29-25-21-17-15-19-23-27-31-42-74-58(66)13-2)60(67)76-43-32-33-44-77-61(68)52-49-55(71-45-36-62(3,4)5)59(75-47-38-64(9,10)11)56(50-52)72-46-37-63(6,7)8/h12-13,34-35,48-50H,1-2,14-33,36-47H2,3-11H3/q+3. The van der Waals surface area contributed by atoms with E-state index >= 15 is 0 Å². The van der Waals surface area contributed by atoms with Gasteiger partial charge in [-0.05, 0) is 68.9 Å². The highest BCUT2D eigenvalue weighted by molar-refractivity contribution is 5.91. The second-order valence-electron chi connectivity index (χ2n) is 22.8. The van der Waals surface area contributed by atoms with Gasteiger partial charge in [-0.15, -0.1) is 0 Å². The first kappa shape index (κ1) is 67.8. The normalized spacial score (nSPS) is 11.6. The SMILES string of the molecule is C=CC(=O)OCCCCCCCCCCCOc1ccc(C(=O)OCCCCOC(=O)c2cc(OCC[N+](C)(C)C)c(OCC[N+](C)(C)C)c(OCC[N+](C)(C)C)c2)cc1OCCCCCCCCCCCOC(=O)C=C. The number of esters is 4. The topological polar surface area (TPSA) is 151 Å². The Kier molecular flexibility index (Phi) is 34.4. The zero-order valence-electron chi connectivity index (χ0n) is 49.2. The van der Waals surface area contributed by atoms with Gasteiger partial charge in [0.15, 0.2) is 23.0 Å². The molecule has 0 amide bonds. The van der Waals surface area contributed by atoms with E-state index in [1.807, 2.05) is 0 Å². The van der Waals surface area contributed by atoms with E-state index in [0.29, 0.717) is 112 Å². The van der Waals surface area contributed by atoms with Crippen molar-refractivity contribution in [2.24, 2.45) is 0 Å². The first-order valence-corrected chi connectivity index (χ1v) is 28.5. The largest absolute Gasteiger partial charge is 0.490 e. The summed E-state index contributed by atoms with van der Waals surface area (Å²) < 4.78 is 55.1. The number of rotatable bonds is 47. The molecule has 0 aliphatic heterocycles. The highest BCUT2D eigenvalue weighted by Gasteiger charge is 2.23. The molecule has 0 atom stereocenters. The fraction of sp³-hybridized carbons (Fsp3) is 0.672. The lowest BCUT2D eigenvalue weighted by molar-refractivity contribution is -0.870. The smallest absolute Gasteiger partial charge is 0.338 e. The van der Waals surface area contributed by atoms with E-state index in [9.17, 15) is 19.2 Å². The lowest BCUT2D eigenvalue weighted by Crippen LogP contribution is -2.39. The molecule has 2 aromatic carbocycles. The zero-order chi connectivity index (χ0) is 56.8. The molecular formula is C61H102N3O13+3. The summed E-state index contributed by atoms with van der Waals surface area (Å²) >= 11 is 0. The van der Waals surface area contributed by atoms with Crippen molar-refractivity contribution < 1.29 is 75.3 Å². The summed E-state index contributed by atoms with van der Waals surface area (Å²) in [5, 5.41) is 0. The predicted molar refractivity (Wildman–Crippen MR) is 304 cm³/mol. The molecule has 436 valence electrons. The van der Waals surface area contributed by atoms with E-state index < -0.39 is 11.9 Å². The molecule has 0 spiro atoms. The quantitative estimate of drug-likeness (QED) is 0.0203. The minimum atomic E-state index is -0.512. The maximum atomic E-state index is 13.6. The number of carbonyl (C=O) groups is 4. The molecule has 0 fully saturated rings. The van der Waals surface area contributed by atoms with Gasteiger partial charge in [0.05, 0.1) is 114 Å². The van der Waals surface area contributed by atoms with Crippen LogP contribution in [0.4, 0.5) is 0 Å². The summed E-state index contributed by atoms with van der Waals surface area (Å²) in [7, 11) is 18.9. The van der Waals surface area contributed by atoms with Gasteiger partial charge in [0.1, 0.15) is 39.5 Å². The number of nitrogens with zero attached hydrogens (tertiary/aromatic N) is 3. The molecule has 0 aromatic heterocycles. The minimum Gasteiger partial charge on any atom is -0.490 e. The van der Waals surface area contributed by atoms with Gasteiger partial charge in [0.2, 0.25) is 5.75 Å². The van der Waals surface area contributed by atoms with Crippen LogP contribution in [0.5, 0.6) is 28.7 Å². The van der Waals surface area contributed by atoms with Gasteiger partial charge in [0, 0.05) is 12.2 Å². The van der Waals surface area contributed by atoms with Gasteiger partial charge in [0.25, 0.3) is 0 Å². The summed E-state index contributed by atoms with van der Waals surface area (Å²) in [4.78, 5) is 49.3. The van der Waals surface area contributed by atoms with Crippen LogP contribution in [0, 0.1) is 0 Å². The number of carbonyl (C=O) groups excluding carboxylic acids is 4. The predicted octanol–water partition coefficient (Wildman–Crippen LogP) is 11.0. The first-order chi connectivity index (χ1) is 36.7. The number of quaternary nitrogens is 3. The Morgan fingerprint density at radius 2 is 0.649 bits per heavy atom. The second-order valence-corrected chi connectivity index (χ2v) is 22.8. The average Bonchev–Trinajstić information content (AvgIpc) is 3.37. The summed E-state index contributed by atoms with van der Waals surface area (Å²) in [6.45, 7) is 12.5. The third-order valence-electron chi connectivity index (χ3n) is 12.4. The van der Waals surface area contributed by atoms with Gasteiger partial charge in [-0.3, -0.25) is 0 Å². The number of unbranched alkanes of at least 4 members (excludes halogenated alkanes) is 17. The Morgan fingerprint density at radius 3 is 1.04 bits per heavy atom. The Balaban J connectivity index is 1.97. The molecule has 0 radical (unpaired) electrons. The highest BCUT2D eigenvalue weighted by atomic mass is 16.6. The van der Waals surface area contributed by atoms with Crippen molar-refractivity contribution in [2.45, 2.75) is 128 Å². The summed E-state index contributed by atoms with van der Waals surface area (Å²) in [6.07, 6.45) is 22.6. The molecule has 77 heavy (non-hydrogen) atoms. The van der Waals surface area contributed by atoms with E-state index in [-0.39, 0.29) is 25.2 Å². The van der Waals surface area contributed by atoms with Crippen LogP contribution in [0.2, 0.25) is 0 Å².